The highest BCUT2D eigenvalue weighted by Crippen LogP contribution is 2.32. The van der Waals surface area contributed by atoms with E-state index in [1.807, 2.05) is 24.3 Å². The van der Waals surface area contributed by atoms with Gasteiger partial charge >= 0.3 is 0 Å². The summed E-state index contributed by atoms with van der Waals surface area (Å²) in [4.78, 5) is 38.8. The van der Waals surface area contributed by atoms with Gasteiger partial charge in [0, 0.05) is 26.2 Å². The normalized spacial score (nSPS) is 21.5. The first kappa shape index (κ1) is 24.5. The van der Waals surface area contributed by atoms with Gasteiger partial charge in [-0.25, -0.2) is 0 Å². The van der Waals surface area contributed by atoms with E-state index in [9.17, 15) is 14.4 Å². The third-order valence-electron chi connectivity index (χ3n) is 6.39. The number of benzene rings is 2. The molecular weight excluding hydrogens is 450 g/mol. The van der Waals surface area contributed by atoms with Crippen LogP contribution in [0.5, 0.6) is 11.5 Å². The Morgan fingerprint density at radius 2 is 1.91 bits per heavy atom. The molecule has 0 unspecified atom stereocenters. The molecule has 3 amide bonds. The zero-order chi connectivity index (χ0) is 24.9. The fourth-order valence-electron chi connectivity index (χ4n) is 4.53. The van der Waals surface area contributed by atoms with E-state index in [1.165, 1.54) is 6.92 Å². The van der Waals surface area contributed by atoms with E-state index in [0.29, 0.717) is 36.4 Å². The zero-order valence-corrected chi connectivity index (χ0v) is 20.2. The molecule has 9 nitrogen and oxygen atoms in total. The second kappa shape index (κ2) is 10.8. The van der Waals surface area contributed by atoms with E-state index in [0.717, 1.165) is 11.3 Å². The number of amides is 3. The maximum absolute atomic E-state index is 13.2. The molecular formula is C26H31N3O6. The summed E-state index contributed by atoms with van der Waals surface area (Å²) in [5.74, 6) is 0.720. The quantitative estimate of drug-likeness (QED) is 0.657. The van der Waals surface area contributed by atoms with Crippen molar-refractivity contribution in [1.29, 1.82) is 0 Å². The van der Waals surface area contributed by atoms with Gasteiger partial charge in [0.25, 0.3) is 5.91 Å². The van der Waals surface area contributed by atoms with Gasteiger partial charge in [0.2, 0.25) is 11.8 Å². The molecule has 0 spiro atoms. The van der Waals surface area contributed by atoms with E-state index in [-0.39, 0.29) is 49.0 Å². The first-order valence-electron chi connectivity index (χ1n) is 11.7. The number of nitrogens with zero attached hydrogens (tertiary/aromatic N) is 1. The lowest BCUT2D eigenvalue weighted by Crippen LogP contribution is -2.53. The second-order valence-electron chi connectivity index (χ2n) is 8.89. The summed E-state index contributed by atoms with van der Waals surface area (Å²) in [7, 11) is 3.37. The fraction of sp³-hybridized carbons (Fsp3) is 0.423. The Kier molecular flexibility index (Phi) is 7.55. The number of hydrogen-bond acceptors (Lipinski definition) is 6. The molecule has 2 aliphatic heterocycles. The van der Waals surface area contributed by atoms with Crippen LogP contribution in [0, 0.1) is 0 Å². The number of rotatable bonds is 6. The monoisotopic (exact) mass is 481 g/mol. The van der Waals surface area contributed by atoms with Crippen molar-refractivity contribution in [3.8, 4) is 11.5 Å². The summed E-state index contributed by atoms with van der Waals surface area (Å²) in [5.41, 5.74) is 1.93. The number of anilines is 1. The first-order valence-corrected chi connectivity index (χ1v) is 11.7. The first-order chi connectivity index (χ1) is 16.8. The van der Waals surface area contributed by atoms with Crippen LogP contribution in [0.1, 0.15) is 42.1 Å². The molecule has 0 aliphatic carbocycles. The van der Waals surface area contributed by atoms with Crippen LogP contribution < -0.4 is 20.1 Å². The van der Waals surface area contributed by atoms with Gasteiger partial charge in [0.15, 0.2) is 0 Å². The Labute approximate surface area is 204 Å². The van der Waals surface area contributed by atoms with Gasteiger partial charge in [-0.3, -0.25) is 14.4 Å². The van der Waals surface area contributed by atoms with Crippen molar-refractivity contribution in [2.24, 2.45) is 0 Å². The fourth-order valence-corrected chi connectivity index (χ4v) is 4.53. The van der Waals surface area contributed by atoms with Crippen molar-refractivity contribution >= 4 is 23.4 Å². The van der Waals surface area contributed by atoms with Crippen molar-refractivity contribution in [2.45, 2.75) is 51.0 Å². The van der Waals surface area contributed by atoms with Crippen molar-refractivity contribution < 1.29 is 28.6 Å². The van der Waals surface area contributed by atoms with Crippen LogP contribution in [0.4, 0.5) is 5.69 Å². The van der Waals surface area contributed by atoms with E-state index < -0.39 is 0 Å². The van der Waals surface area contributed by atoms with Crippen LogP contribution in [-0.4, -0.2) is 61.6 Å². The molecule has 4 rings (SSSR count). The molecule has 2 aromatic rings. The van der Waals surface area contributed by atoms with Gasteiger partial charge in [0.1, 0.15) is 24.2 Å². The van der Waals surface area contributed by atoms with Gasteiger partial charge in [-0.15, -0.1) is 0 Å². The third-order valence-corrected chi connectivity index (χ3v) is 6.39. The Bertz CT molecular complexity index is 1090. The number of carbonyl (C=O) groups excluding carboxylic acids is 3. The molecule has 0 saturated carbocycles. The smallest absolute Gasteiger partial charge is 0.257 e. The average molecular weight is 482 g/mol. The minimum atomic E-state index is -0.347. The van der Waals surface area contributed by atoms with Crippen molar-refractivity contribution in [3.05, 3.63) is 53.6 Å². The predicted molar refractivity (Wildman–Crippen MR) is 129 cm³/mol. The van der Waals surface area contributed by atoms with E-state index in [1.54, 1.807) is 37.3 Å². The minimum Gasteiger partial charge on any atom is -0.497 e. The van der Waals surface area contributed by atoms with Crippen LogP contribution >= 0.6 is 0 Å². The molecule has 35 heavy (non-hydrogen) atoms. The Hall–Kier alpha value is -3.59. The van der Waals surface area contributed by atoms with Gasteiger partial charge in [-0.2, -0.15) is 0 Å². The van der Waals surface area contributed by atoms with Crippen molar-refractivity contribution in [2.75, 3.05) is 26.1 Å². The van der Waals surface area contributed by atoms with E-state index >= 15 is 0 Å². The standard InChI is InChI=1S/C26H31N3O6/c1-16(30)28-18-6-11-23-21(12-18)26(32)29(2)22-10-9-20(35-24(22)15-34-23)13-25(31)27-14-17-4-7-19(33-3)8-5-17/h4-8,11-12,20,22,24H,9-10,13-15H2,1-3H3,(H,27,31)(H,28,30)/t20-,22+,24-/m0/s1. The molecule has 3 atom stereocenters. The third kappa shape index (κ3) is 5.92. The van der Waals surface area contributed by atoms with Gasteiger partial charge < -0.3 is 29.7 Å². The highest BCUT2D eigenvalue weighted by molar-refractivity contribution is 5.99. The average Bonchev–Trinajstić information content (AvgIpc) is 2.85. The number of fused-ring (bicyclic) bond motifs is 2. The highest BCUT2D eigenvalue weighted by Gasteiger charge is 2.39. The lowest BCUT2D eigenvalue weighted by Gasteiger charge is -2.42. The van der Waals surface area contributed by atoms with Gasteiger partial charge in [-0.05, 0) is 48.7 Å². The SMILES string of the molecule is COc1ccc(CNC(=O)C[C@@H]2CC[C@@H]3[C@H](COc4ccc(NC(C)=O)cc4C(=O)N3C)O2)cc1. The molecule has 2 heterocycles. The number of nitrogens with one attached hydrogen (secondary N) is 2. The molecule has 1 fully saturated rings. The maximum atomic E-state index is 13.2. The summed E-state index contributed by atoms with van der Waals surface area (Å²) in [5, 5.41) is 5.64. The van der Waals surface area contributed by atoms with E-state index in [4.69, 9.17) is 14.2 Å². The molecule has 9 heteroatoms. The summed E-state index contributed by atoms with van der Waals surface area (Å²) in [6, 6.07) is 12.4. The zero-order valence-electron chi connectivity index (χ0n) is 20.2. The minimum absolute atomic E-state index is 0.0868. The lowest BCUT2D eigenvalue weighted by molar-refractivity contribution is -0.134. The van der Waals surface area contributed by atoms with Crippen LogP contribution in [0.15, 0.2) is 42.5 Å². The molecule has 2 aliphatic rings. The van der Waals surface area contributed by atoms with Crippen molar-refractivity contribution in [1.82, 2.24) is 10.2 Å². The predicted octanol–water partition coefficient (Wildman–Crippen LogP) is 2.74. The second-order valence-corrected chi connectivity index (χ2v) is 8.89. The van der Waals surface area contributed by atoms with Crippen molar-refractivity contribution in [3.63, 3.8) is 0 Å². The molecule has 0 bridgehead atoms. The number of carbonyl (C=O) groups is 3. The number of likely N-dealkylation sites (N-methyl/N-ethyl adjacent to an activating group) is 1. The Morgan fingerprint density at radius 3 is 2.63 bits per heavy atom. The number of hydrogen-bond donors (Lipinski definition) is 2. The molecule has 186 valence electrons. The number of ether oxygens (including phenoxy) is 3. The largest absolute Gasteiger partial charge is 0.497 e. The molecule has 0 radical (unpaired) electrons. The Morgan fingerprint density at radius 1 is 1.14 bits per heavy atom. The van der Waals surface area contributed by atoms with Crippen LogP contribution in [-0.2, 0) is 20.9 Å². The van der Waals surface area contributed by atoms with Gasteiger partial charge in [0.05, 0.1) is 31.2 Å². The van der Waals surface area contributed by atoms with Crippen LogP contribution in [0.2, 0.25) is 0 Å². The maximum Gasteiger partial charge on any atom is 0.257 e. The van der Waals surface area contributed by atoms with Crippen LogP contribution in [0.25, 0.3) is 0 Å². The highest BCUT2D eigenvalue weighted by atomic mass is 16.5. The lowest BCUT2D eigenvalue weighted by atomic mass is 9.94. The molecule has 1 saturated heterocycles. The van der Waals surface area contributed by atoms with Gasteiger partial charge in [-0.1, -0.05) is 12.1 Å². The van der Waals surface area contributed by atoms with E-state index in [2.05, 4.69) is 10.6 Å². The topological polar surface area (TPSA) is 106 Å². The summed E-state index contributed by atoms with van der Waals surface area (Å²) >= 11 is 0. The molecule has 2 aromatic carbocycles. The summed E-state index contributed by atoms with van der Waals surface area (Å²) in [6.45, 7) is 2.11. The Balaban J connectivity index is 1.36. The summed E-state index contributed by atoms with van der Waals surface area (Å²) in [6.07, 6.45) is 1.01. The number of methoxy groups -OCH3 is 1. The molecule has 0 aromatic heterocycles. The molecule has 2 N–H and O–H groups in total. The van der Waals surface area contributed by atoms with Crippen LogP contribution in [0.3, 0.4) is 0 Å². The summed E-state index contributed by atoms with van der Waals surface area (Å²) < 4.78 is 17.3.